The van der Waals surface area contributed by atoms with Crippen LogP contribution in [0, 0.1) is 5.92 Å². The van der Waals surface area contributed by atoms with Crippen LogP contribution < -0.4 is 15.5 Å². The Kier molecular flexibility index (Phi) is 6.10. The van der Waals surface area contributed by atoms with Gasteiger partial charge in [0.25, 0.3) is 0 Å². The molecule has 0 radical (unpaired) electrons. The zero-order valence-electron chi connectivity index (χ0n) is 14.6. The highest BCUT2D eigenvalue weighted by molar-refractivity contribution is 6.30. The standard InChI is InChI=1S/C19H24ClN3O2.ClH/c20-13-1-5-16(6-2-13)23-8-7-17(19(23)25)22-18(24)11-12-9-14-3-4-15(10-12)21-14;/h1-2,5-6,12,14-15,17,21H,3-4,7-11H2,(H,22,24);1H. The molecule has 2 bridgehead atoms. The highest BCUT2D eigenvalue weighted by atomic mass is 35.5. The summed E-state index contributed by atoms with van der Waals surface area (Å²) < 4.78 is 0. The molecule has 3 aliphatic heterocycles. The van der Waals surface area contributed by atoms with Gasteiger partial charge in [0.05, 0.1) is 0 Å². The molecule has 0 saturated carbocycles. The van der Waals surface area contributed by atoms with Gasteiger partial charge >= 0.3 is 0 Å². The van der Waals surface area contributed by atoms with Crippen LogP contribution in [0.4, 0.5) is 5.69 Å². The third-order valence-electron chi connectivity index (χ3n) is 5.72. The number of fused-ring (bicyclic) bond motifs is 2. The SMILES string of the molecule is Cl.O=C(CC1CC2CCC(C1)N2)NC1CCN(c2ccc(Cl)cc2)C1=O. The number of anilines is 1. The number of nitrogens with zero attached hydrogens (tertiary/aromatic N) is 1. The molecule has 0 aliphatic carbocycles. The fraction of sp³-hybridized carbons (Fsp3) is 0.579. The van der Waals surface area contributed by atoms with Crippen LogP contribution in [0.3, 0.4) is 0 Å². The lowest BCUT2D eigenvalue weighted by Gasteiger charge is -2.28. The van der Waals surface area contributed by atoms with E-state index in [0.29, 0.717) is 42.4 Å². The Labute approximate surface area is 165 Å². The smallest absolute Gasteiger partial charge is 0.249 e. The summed E-state index contributed by atoms with van der Waals surface area (Å²) in [4.78, 5) is 26.7. The Hall–Kier alpha value is -1.30. The molecule has 7 heteroatoms. The van der Waals surface area contributed by atoms with E-state index in [-0.39, 0.29) is 24.2 Å². The van der Waals surface area contributed by atoms with Crippen LogP contribution in [0.5, 0.6) is 0 Å². The van der Waals surface area contributed by atoms with Crippen LogP contribution >= 0.6 is 24.0 Å². The van der Waals surface area contributed by atoms with Gasteiger partial charge in [-0.05, 0) is 62.3 Å². The first-order valence-electron chi connectivity index (χ1n) is 9.21. The number of rotatable bonds is 4. The molecule has 2 amide bonds. The molecule has 3 aliphatic rings. The largest absolute Gasteiger partial charge is 0.344 e. The average molecular weight is 398 g/mol. The Balaban J connectivity index is 0.00000196. The van der Waals surface area contributed by atoms with Crippen molar-refractivity contribution in [1.82, 2.24) is 10.6 Å². The highest BCUT2D eigenvalue weighted by Crippen LogP contribution is 2.32. The lowest BCUT2D eigenvalue weighted by atomic mass is 9.89. The summed E-state index contributed by atoms with van der Waals surface area (Å²) in [6.45, 7) is 0.628. The molecule has 3 atom stereocenters. The van der Waals surface area contributed by atoms with E-state index in [1.54, 1.807) is 17.0 Å². The van der Waals surface area contributed by atoms with Gasteiger partial charge in [-0.3, -0.25) is 9.59 Å². The lowest BCUT2D eigenvalue weighted by molar-refractivity contribution is -0.127. The molecule has 3 saturated heterocycles. The molecule has 3 unspecified atom stereocenters. The van der Waals surface area contributed by atoms with E-state index in [4.69, 9.17) is 11.6 Å². The number of amides is 2. The summed E-state index contributed by atoms with van der Waals surface area (Å²) in [5.41, 5.74) is 0.834. The summed E-state index contributed by atoms with van der Waals surface area (Å²) in [5.74, 6) is 0.436. The molecule has 1 aromatic carbocycles. The third kappa shape index (κ3) is 4.16. The van der Waals surface area contributed by atoms with E-state index >= 15 is 0 Å². The van der Waals surface area contributed by atoms with Crippen molar-refractivity contribution in [1.29, 1.82) is 0 Å². The second-order valence-electron chi connectivity index (χ2n) is 7.55. The Bertz CT molecular complexity index is 655. The van der Waals surface area contributed by atoms with Gasteiger partial charge in [-0.2, -0.15) is 0 Å². The van der Waals surface area contributed by atoms with Crippen LogP contribution in [0.1, 0.15) is 38.5 Å². The summed E-state index contributed by atoms with van der Waals surface area (Å²) in [5, 5.41) is 7.21. The Morgan fingerprint density at radius 1 is 1.15 bits per heavy atom. The first-order valence-corrected chi connectivity index (χ1v) is 9.58. The van der Waals surface area contributed by atoms with Gasteiger partial charge in [0.2, 0.25) is 11.8 Å². The zero-order chi connectivity index (χ0) is 17.4. The van der Waals surface area contributed by atoms with Gasteiger partial charge in [-0.1, -0.05) is 11.6 Å². The quantitative estimate of drug-likeness (QED) is 0.820. The fourth-order valence-corrected chi connectivity index (χ4v) is 4.67. The predicted octanol–water partition coefficient (Wildman–Crippen LogP) is 2.90. The van der Waals surface area contributed by atoms with E-state index in [9.17, 15) is 9.59 Å². The van der Waals surface area contributed by atoms with Gasteiger partial charge in [-0.25, -0.2) is 0 Å². The fourth-order valence-electron chi connectivity index (χ4n) is 4.55. The molecule has 0 spiro atoms. The first-order chi connectivity index (χ1) is 12.1. The first kappa shape index (κ1) is 19.5. The molecule has 1 aromatic rings. The lowest BCUT2D eigenvalue weighted by Crippen LogP contribution is -2.44. The van der Waals surface area contributed by atoms with E-state index in [0.717, 1.165) is 18.5 Å². The summed E-state index contributed by atoms with van der Waals surface area (Å²) >= 11 is 5.90. The van der Waals surface area contributed by atoms with Crippen LogP contribution in [0.2, 0.25) is 5.02 Å². The number of benzene rings is 1. The van der Waals surface area contributed by atoms with Crippen molar-refractivity contribution in [3.8, 4) is 0 Å². The summed E-state index contributed by atoms with van der Waals surface area (Å²) in [7, 11) is 0. The molecule has 26 heavy (non-hydrogen) atoms. The molecule has 3 fully saturated rings. The van der Waals surface area contributed by atoms with E-state index in [1.165, 1.54) is 12.8 Å². The molecule has 0 aromatic heterocycles. The minimum atomic E-state index is -0.401. The van der Waals surface area contributed by atoms with E-state index in [1.807, 2.05) is 12.1 Å². The highest BCUT2D eigenvalue weighted by Gasteiger charge is 2.36. The number of hydrogen-bond acceptors (Lipinski definition) is 3. The van der Waals surface area contributed by atoms with Gasteiger partial charge in [0.15, 0.2) is 0 Å². The molecular weight excluding hydrogens is 373 g/mol. The van der Waals surface area contributed by atoms with Gasteiger partial charge in [0, 0.05) is 35.8 Å². The number of hydrogen-bond donors (Lipinski definition) is 2. The van der Waals surface area contributed by atoms with Crippen molar-refractivity contribution in [3.63, 3.8) is 0 Å². The summed E-state index contributed by atoms with van der Waals surface area (Å²) in [6, 6.07) is 8.02. The second kappa shape index (κ2) is 8.15. The predicted molar refractivity (Wildman–Crippen MR) is 105 cm³/mol. The maximum absolute atomic E-state index is 12.6. The van der Waals surface area contributed by atoms with Crippen LogP contribution in [0.25, 0.3) is 0 Å². The van der Waals surface area contributed by atoms with Crippen LogP contribution in [0.15, 0.2) is 24.3 Å². The van der Waals surface area contributed by atoms with E-state index in [2.05, 4.69) is 10.6 Å². The topological polar surface area (TPSA) is 61.4 Å². The second-order valence-corrected chi connectivity index (χ2v) is 7.99. The maximum Gasteiger partial charge on any atom is 0.249 e. The third-order valence-corrected chi connectivity index (χ3v) is 5.98. The molecule has 4 rings (SSSR count). The average Bonchev–Trinajstić information content (AvgIpc) is 3.11. The monoisotopic (exact) mass is 397 g/mol. The van der Waals surface area contributed by atoms with Crippen molar-refractivity contribution in [2.75, 3.05) is 11.4 Å². The van der Waals surface area contributed by atoms with Gasteiger partial charge in [0.1, 0.15) is 6.04 Å². The van der Waals surface area contributed by atoms with Crippen molar-refractivity contribution >= 4 is 41.5 Å². The van der Waals surface area contributed by atoms with Crippen molar-refractivity contribution in [3.05, 3.63) is 29.3 Å². The normalized spacial score (nSPS) is 30.2. The number of piperidine rings is 1. The molecular formula is C19H25Cl2N3O2. The van der Waals surface area contributed by atoms with Crippen molar-refractivity contribution in [2.24, 2.45) is 5.92 Å². The number of halogens is 2. The van der Waals surface area contributed by atoms with Gasteiger partial charge < -0.3 is 15.5 Å². The van der Waals surface area contributed by atoms with Crippen molar-refractivity contribution in [2.45, 2.75) is 56.7 Å². The Morgan fingerprint density at radius 3 is 2.46 bits per heavy atom. The number of carbonyl (C=O) groups excluding carboxylic acids is 2. The van der Waals surface area contributed by atoms with Crippen LogP contribution in [-0.2, 0) is 9.59 Å². The number of carbonyl (C=O) groups is 2. The minimum absolute atomic E-state index is 0. The van der Waals surface area contributed by atoms with Crippen molar-refractivity contribution < 1.29 is 9.59 Å². The van der Waals surface area contributed by atoms with Crippen LogP contribution in [-0.4, -0.2) is 36.5 Å². The molecule has 3 heterocycles. The Morgan fingerprint density at radius 2 is 1.81 bits per heavy atom. The minimum Gasteiger partial charge on any atom is -0.344 e. The molecule has 5 nitrogen and oxygen atoms in total. The molecule has 2 N–H and O–H groups in total. The van der Waals surface area contributed by atoms with E-state index < -0.39 is 6.04 Å². The summed E-state index contributed by atoms with van der Waals surface area (Å²) in [6.07, 6.45) is 5.84. The van der Waals surface area contributed by atoms with Gasteiger partial charge in [-0.15, -0.1) is 12.4 Å². The zero-order valence-corrected chi connectivity index (χ0v) is 16.2. The molecule has 142 valence electrons. The maximum atomic E-state index is 12.6. The number of nitrogens with one attached hydrogen (secondary N) is 2.